The molecule has 8 heteroatoms. The van der Waals surface area contributed by atoms with Crippen molar-refractivity contribution in [3.63, 3.8) is 0 Å². The molecule has 0 saturated carbocycles. The lowest BCUT2D eigenvalue weighted by Crippen LogP contribution is -2.63. The van der Waals surface area contributed by atoms with Crippen molar-refractivity contribution in [2.45, 2.75) is 226 Å². The van der Waals surface area contributed by atoms with Gasteiger partial charge >= 0.3 is 0 Å². The standard InChI is InChI=1S/C42H82N8/c1-14-17-20-21-22-23-24-25-26-35(43)36-44-37(49(27-18-15-2)33-29-39(4,5)47(12)40(6,7)30-33)46-38(45-36)50(28-19-16-3)34-31-41(8,9)48(13)42(10,11)32-34/h33-35H,14-32,43H2,1-13H3. The Morgan fingerprint density at radius 1 is 0.560 bits per heavy atom. The van der Waals surface area contributed by atoms with Gasteiger partial charge in [0.1, 0.15) is 0 Å². The van der Waals surface area contributed by atoms with Crippen molar-refractivity contribution in [1.82, 2.24) is 24.8 Å². The predicted molar refractivity (Wildman–Crippen MR) is 216 cm³/mol. The van der Waals surface area contributed by atoms with Crippen LogP contribution in [0.5, 0.6) is 0 Å². The molecular weight excluding hydrogens is 617 g/mol. The van der Waals surface area contributed by atoms with Gasteiger partial charge in [0.25, 0.3) is 0 Å². The summed E-state index contributed by atoms with van der Waals surface area (Å²) >= 11 is 0. The van der Waals surface area contributed by atoms with Crippen molar-refractivity contribution in [1.29, 1.82) is 0 Å². The summed E-state index contributed by atoms with van der Waals surface area (Å²) in [6.07, 6.45) is 20.1. The van der Waals surface area contributed by atoms with Gasteiger partial charge in [-0.25, -0.2) is 0 Å². The third-order valence-corrected chi connectivity index (χ3v) is 12.8. The van der Waals surface area contributed by atoms with Gasteiger partial charge in [-0.2, -0.15) is 15.0 Å². The van der Waals surface area contributed by atoms with Crippen molar-refractivity contribution in [2.75, 3.05) is 37.0 Å². The van der Waals surface area contributed by atoms with Crippen LogP contribution in [0.4, 0.5) is 11.9 Å². The molecule has 2 fully saturated rings. The molecule has 2 aliphatic heterocycles. The Labute approximate surface area is 310 Å². The first-order valence-electron chi connectivity index (χ1n) is 20.9. The molecule has 0 amide bonds. The zero-order chi connectivity index (χ0) is 37.3. The number of likely N-dealkylation sites (tertiary alicyclic amines) is 2. The molecule has 0 aromatic carbocycles. The Bertz CT molecular complexity index is 1040. The van der Waals surface area contributed by atoms with E-state index in [4.69, 9.17) is 20.7 Å². The van der Waals surface area contributed by atoms with Crippen LogP contribution in [0, 0.1) is 0 Å². The number of nitrogens with zero attached hydrogens (tertiary/aromatic N) is 7. The molecule has 1 aromatic heterocycles. The maximum Gasteiger partial charge on any atom is 0.230 e. The zero-order valence-corrected chi connectivity index (χ0v) is 35.4. The van der Waals surface area contributed by atoms with Crippen LogP contribution >= 0.6 is 0 Å². The smallest absolute Gasteiger partial charge is 0.230 e. The molecule has 290 valence electrons. The van der Waals surface area contributed by atoms with Gasteiger partial charge in [-0.05, 0) is 114 Å². The molecule has 1 atom stereocenters. The van der Waals surface area contributed by atoms with Crippen LogP contribution in [0.3, 0.4) is 0 Å². The molecular formula is C42H82N8. The fourth-order valence-electron chi connectivity index (χ4n) is 9.05. The van der Waals surface area contributed by atoms with Crippen molar-refractivity contribution in [2.24, 2.45) is 5.73 Å². The summed E-state index contributed by atoms with van der Waals surface area (Å²) in [5, 5.41) is 0. The first-order valence-corrected chi connectivity index (χ1v) is 20.9. The van der Waals surface area contributed by atoms with Crippen molar-refractivity contribution in [3.8, 4) is 0 Å². The molecule has 2 saturated heterocycles. The summed E-state index contributed by atoms with van der Waals surface area (Å²) in [5.41, 5.74) is 7.36. The van der Waals surface area contributed by atoms with Gasteiger partial charge in [-0.15, -0.1) is 0 Å². The summed E-state index contributed by atoms with van der Waals surface area (Å²) in [5.74, 6) is 2.48. The number of hydrogen-bond donors (Lipinski definition) is 1. The molecule has 8 nitrogen and oxygen atoms in total. The van der Waals surface area contributed by atoms with Crippen LogP contribution in [-0.4, -0.2) is 86.2 Å². The Morgan fingerprint density at radius 3 is 1.26 bits per heavy atom. The van der Waals surface area contributed by atoms with Crippen LogP contribution in [0.1, 0.15) is 197 Å². The number of piperidine rings is 2. The second-order valence-electron chi connectivity index (χ2n) is 18.7. The van der Waals surface area contributed by atoms with Crippen LogP contribution in [0.2, 0.25) is 0 Å². The van der Waals surface area contributed by atoms with Gasteiger partial charge in [0.2, 0.25) is 11.9 Å². The molecule has 0 radical (unpaired) electrons. The fraction of sp³-hybridized carbons (Fsp3) is 0.929. The Morgan fingerprint density at radius 2 is 0.900 bits per heavy atom. The minimum Gasteiger partial charge on any atom is -0.338 e. The second-order valence-corrected chi connectivity index (χ2v) is 18.7. The van der Waals surface area contributed by atoms with E-state index in [9.17, 15) is 0 Å². The largest absolute Gasteiger partial charge is 0.338 e. The lowest BCUT2D eigenvalue weighted by molar-refractivity contribution is -0.0130. The van der Waals surface area contributed by atoms with Gasteiger partial charge in [-0.1, -0.05) is 85.0 Å². The molecule has 0 bridgehead atoms. The van der Waals surface area contributed by atoms with E-state index in [0.29, 0.717) is 12.1 Å². The number of nitrogens with two attached hydrogens (primary N) is 1. The molecule has 3 rings (SSSR count). The highest BCUT2D eigenvalue weighted by Gasteiger charge is 2.47. The van der Waals surface area contributed by atoms with E-state index in [2.05, 4.69) is 110 Å². The second kappa shape index (κ2) is 18.5. The van der Waals surface area contributed by atoms with Crippen LogP contribution < -0.4 is 15.5 Å². The summed E-state index contributed by atoms with van der Waals surface area (Å²) in [6.45, 7) is 28.0. The van der Waals surface area contributed by atoms with E-state index in [-0.39, 0.29) is 28.2 Å². The quantitative estimate of drug-likeness (QED) is 0.135. The Kier molecular flexibility index (Phi) is 15.9. The molecule has 3 heterocycles. The van der Waals surface area contributed by atoms with E-state index < -0.39 is 0 Å². The minimum atomic E-state index is -0.188. The van der Waals surface area contributed by atoms with Crippen molar-refractivity contribution in [3.05, 3.63) is 5.82 Å². The third-order valence-electron chi connectivity index (χ3n) is 12.8. The SMILES string of the molecule is CCCCCCCCCCC(N)c1nc(N(CCCC)C2CC(C)(C)N(C)C(C)(C)C2)nc(N(CCCC)C2CC(C)(C)N(C)C(C)(C)C2)n1. The summed E-state index contributed by atoms with van der Waals surface area (Å²) in [7, 11) is 4.60. The molecule has 50 heavy (non-hydrogen) atoms. The summed E-state index contributed by atoms with van der Waals surface area (Å²) in [6, 6.07) is 0.507. The van der Waals surface area contributed by atoms with Crippen LogP contribution in [0.25, 0.3) is 0 Å². The van der Waals surface area contributed by atoms with E-state index in [1.807, 2.05) is 0 Å². The zero-order valence-electron chi connectivity index (χ0n) is 35.4. The van der Waals surface area contributed by atoms with Gasteiger partial charge in [0.15, 0.2) is 5.82 Å². The van der Waals surface area contributed by atoms with Gasteiger partial charge < -0.3 is 15.5 Å². The van der Waals surface area contributed by atoms with Crippen molar-refractivity contribution < 1.29 is 0 Å². The first-order chi connectivity index (χ1) is 23.4. The van der Waals surface area contributed by atoms with Crippen molar-refractivity contribution >= 4 is 11.9 Å². The summed E-state index contributed by atoms with van der Waals surface area (Å²) < 4.78 is 0. The van der Waals surface area contributed by atoms with Crippen LogP contribution in [-0.2, 0) is 0 Å². The maximum atomic E-state index is 7.08. The van der Waals surface area contributed by atoms with E-state index in [0.717, 1.165) is 95.0 Å². The minimum absolute atomic E-state index is 0.0704. The van der Waals surface area contributed by atoms with Gasteiger partial charge in [0.05, 0.1) is 6.04 Å². The molecule has 2 N–H and O–H groups in total. The first kappa shape index (κ1) is 42.9. The highest BCUT2D eigenvalue weighted by Crippen LogP contribution is 2.42. The maximum absolute atomic E-state index is 7.08. The molecule has 1 aromatic rings. The third kappa shape index (κ3) is 11.2. The number of unbranched alkanes of at least 4 members (excludes halogenated alkanes) is 9. The highest BCUT2D eigenvalue weighted by atomic mass is 15.4. The average Bonchev–Trinajstić information content (AvgIpc) is 3.03. The Balaban J connectivity index is 2.05. The molecule has 0 spiro atoms. The van der Waals surface area contributed by atoms with E-state index >= 15 is 0 Å². The predicted octanol–water partition coefficient (Wildman–Crippen LogP) is 9.92. The number of aromatic nitrogens is 3. The van der Waals surface area contributed by atoms with E-state index in [1.54, 1.807) is 0 Å². The molecule has 2 aliphatic rings. The van der Waals surface area contributed by atoms with E-state index in [1.165, 1.54) is 44.9 Å². The molecule has 0 aliphatic carbocycles. The lowest BCUT2D eigenvalue weighted by Gasteiger charge is -2.56. The average molecular weight is 699 g/mol. The molecule has 1 unspecified atom stereocenters. The fourth-order valence-corrected chi connectivity index (χ4v) is 9.05. The lowest BCUT2D eigenvalue weighted by atomic mass is 9.77. The topological polar surface area (TPSA) is 77.7 Å². The number of anilines is 2. The number of hydrogen-bond acceptors (Lipinski definition) is 8. The van der Waals surface area contributed by atoms with Crippen LogP contribution in [0.15, 0.2) is 0 Å². The number of rotatable bonds is 20. The van der Waals surface area contributed by atoms with Gasteiger partial charge in [-0.3, -0.25) is 9.80 Å². The Hall–Kier alpha value is -1.51. The highest BCUT2D eigenvalue weighted by molar-refractivity contribution is 5.42. The van der Waals surface area contributed by atoms with Gasteiger partial charge in [0, 0.05) is 47.3 Å². The normalized spacial score (nSPS) is 21.7. The summed E-state index contributed by atoms with van der Waals surface area (Å²) in [4.78, 5) is 26.4. The monoisotopic (exact) mass is 699 g/mol.